The van der Waals surface area contributed by atoms with E-state index in [9.17, 15) is 9.18 Å². The molecule has 1 heterocycles. The van der Waals surface area contributed by atoms with Crippen LogP contribution in [0.15, 0.2) is 35.7 Å². The quantitative estimate of drug-likeness (QED) is 0.884. The third kappa shape index (κ3) is 2.67. The fourth-order valence-corrected chi connectivity index (χ4v) is 3.17. The normalized spacial score (nSPS) is 15.8. The van der Waals surface area contributed by atoms with Crippen LogP contribution in [-0.4, -0.2) is 5.91 Å². The Morgan fingerprint density at radius 3 is 2.80 bits per heavy atom. The van der Waals surface area contributed by atoms with Gasteiger partial charge in [-0.1, -0.05) is 6.07 Å². The molecule has 0 radical (unpaired) electrons. The minimum Gasteiger partial charge on any atom is -0.377 e. The summed E-state index contributed by atoms with van der Waals surface area (Å²) < 4.78 is 13.5. The van der Waals surface area contributed by atoms with Gasteiger partial charge in [-0.2, -0.15) is 0 Å². The lowest BCUT2D eigenvalue weighted by atomic mass is 10.1. The number of carbonyl (C=O) groups is 1. The summed E-state index contributed by atoms with van der Waals surface area (Å²) in [5, 5.41) is 5.45. The van der Waals surface area contributed by atoms with Crippen molar-refractivity contribution >= 4 is 22.9 Å². The van der Waals surface area contributed by atoms with Crippen molar-refractivity contribution in [1.29, 1.82) is 0 Å². The lowest BCUT2D eigenvalue weighted by Gasteiger charge is -2.18. The highest BCUT2D eigenvalue weighted by Crippen LogP contribution is 2.44. The maximum atomic E-state index is 13.5. The molecule has 0 spiro atoms. The molecule has 1 aliphatic rings. The number of primary amides is 1. The van der Waals surface area contributed by atoms with E-state index in [1.807, 2.05) is 11.4 Å². The fourth-order valence-electron chi connectivity index (χ4n) is 2.30. The smallest absolute Gasteiger partial charge is 0.251 e. The summed E-state index contributed by atoms with van der Waals surface area (Å²) in [6, 6.07) is 8.75. The van der Waals surface area contributed by atoms with Gasteiger partial charge in [0.15, 0.2) is 0 Å². The predicted octanol–water partition coefficient (Wildman–Crippen LogP) is 3.55. The van der Waals surface area contributed by atoms with Crippen molar-refractivity contribution in [2.24, 2.45) is 11.7 Å². The van der Waals surface area contributed by atoms with E-state index in [0.29, 0.717) is 5.92 Å². The highest BCUT2D eigenvalue weighted by atomic mass is 32.1. The number of rotatable bonds is 5. The standard InChI is InChI=1S/C15H15FN2OS/c16-12-6-5-10(8-11(12)15(17)19)18-14(9-3-4-9)13-2-1-7-20-13/h1-2,5-9,14,18H,3-4H2,(H2,17,19). The average Bonchev–Trinajstić information content (AvgIpc) is 3.12. The van der Waals surface area contributed by atoms with Gasteiger partial charge in [0.1, 0.15) is 5.82 Å². The summed E-state index contributed by atoms with van der Waals surface area (Å²) in [7, 11) is 0. The molecule has 1 unspecified atom stereocenters. The molecule has 0 saturated heterocycles. The molecule has 3 rings (SSSR count). The molecule has 104 valence electrons. The van der Waals surface area contributed by atoms with E-state index in [1.165, 1.54) is 29.9 Å². The van der Waals surface area contributed by atoms with Crippen molar-refractivity contribution in [2.75, 3.05) is 5.32 Å². The molecule has 1 aliphatic carbocycles. The highest BCUT2D eigenvalue weighted by Gasteiger charge is 2.33. The van der Waals surface area contributed by atoms with E-state index in [1.54, 1.807) is 17.4 Å². The van der Waals surface area contributed by atoms with Gasteiger partial charge >= 0.3 is 0 Å². The van der Waals surface area contributed by atoms with Gasteiger partial charge in [-0.05, 0) is 48.4 Å². The van der Waals surface area contributed by atoms with Crippen LogP contribution in [0.1, 0.15) is 34.1 Å². The fraction of sp³-hybridized carbons (Fsp3) is 0.267. The van der Waals surface area contributed by atoms with Crippen molar-refractivity contribution in [1.82, 2.24) is 0 Å². The molecule has 1 saturated carbocycles. The van der Waals surface area contributed by atoms with Gasteiger partial charge in [0, 0.05) is 10.6 Å². The Morgan fingerprint density at radius 2 is 2.20 bits per heavy atom. The Hall–Kier alpha value is -1.88. The minimum absolute atomic E-state index is 0.0734. The predicted molar refractivity (Wildman–Crippen MR) is 78.3 cm³/mol. The third-order valence-corrected chi connectivity index (χ3v) is 4.45. The molecule has 0 aliphatic heterocycles. The summed E-state index contributed by atoms with van der Waals surface area (Å²) in [5.74, 6) is -0.719. The zero-order valence-corrected chi connectivity index (χ0v) is 11.6. The lowest BCUT2D eigenvalue weighted by molar-refractivity contribution is 0.0996. The van der Waals surface area contributed by atoms with E-state index in [2.05, 4.69) is 11.4 Å². The molecule has 3 N–H and O–H groups in total. The van der Waals surface area contributed by atoms with Crippen molar-refractivity contribution < 1.29 is 9.18 Å². The summed E-state index contributed by atoms with van der Waals surface area (Å²) in [4.78, 5) is 12.5. The number of nitrogens with two attached hydrogens (primary N) is 1. The van der Waals surface area contributed by atoms with Crippen molar-refractivity contribution in [2.45, 2.75) is 18.9 Å². The Bertz CT molecular complexity index is 623. The first-order valence-corrected chi connectivity index (χ1v) is 7.42. The Balaban J connectivity index is 1.86. The molecule has 1 fully saturated rings. The topological polar surface area (TPSA) is 55.1 Å². The SMILES string of the molecule is NC(=O)c1cc(NC(c2cccs2)C2CC2)ccc1F. The van der Waals surface area contributed by atoms with Gasteiger partial charge < -0.3 is 11.1 Å². The number of carbonyl (C=O) groups excluding carboxylic acids is 1. The molecule has 2 aromatic rings. The van der Waals surface area contributed by atoms with Crippen LogP contribution in [0.4, 0.5) is 10.1 Å². The van der Waals surface area contributed by atoms with Crippen LogP contribution in [0.3, 0.4) is 0 Å². The van der Waals surface area contributed by atoms with Crippen LogP contribution < -0.4 is 11.1 Å². The largest absolute Gasteiger partial charge is 0.377 e. The molecule has 1 amide bonds. The van der Waals surface area contributed by atoms with Crippen LogP contribution in [0.5, 0.6) is 0 Å². The maximum absolute atomic E-state index is 13.5. The van der Waals surface area contributed by atoms with E-state index < -0.39 is 11.7 Å². The monoisotopic (exact) mass is 290 g/mol. The Labute approximate surface area is 120 Å². The second kappa shape index (κ2) is 5.25. The number of hydrogen-bond donors (Lipinski definition) is 2. The highest BCUT2D eigenvalue weighted by molar-refractivity contribution is 7.10. The van der Waals surface area contributed by atoms with Crippen molar-refractivity contribution in [3.63, 3.8) is 0 Å². The molecule has 1 aromatic carbocycles. The van der Waals surface area contributed by atoms with Gasteiger partial charge in [-0.15, -0.1) is 11.3 Å². The zero-order valence-electron chi connectivity index (χ0n) is 10.8. The number of benzene rings is 1. The molecule has 5 heteroatoms. The second-order valence-corrected chi connectivity index (χ2v) is 6.01. The van der Waals surface area contributed by atoms with Crippen LogP contribution in [0, 0.1) is 11.7 Å². The van der Waals surface area contributed by atoms with E-state index in [-0.39, 0.29) is 11.6 Å². The van der Waals surface area contributed by atoms with Gasteiger partial charge in [0.25, 0.3) is 5.91 Å². The second-order valence-electron chi connectivity index (χ2n) is 5.03. The molecule has 1 aromatic heterocycles. The summed E-state index contributed by atoms with van der Waals surface area (Å²) in [6.45, 7) is 0. The Kier molecular flexibility index (Phi) is 3.44. The number of halogens is 1. The summed E-state index contributed by atoms with van der Waals surface area (Å²) in [6.07, 6.45) is 2.39. The van der Waals surface area contributed by atoms with Crippen molar-refractivity contribution in [3.8, 4) is 0 Å². The number of thiophene rings is 1. The van der Waals surface area contributed by atoms with Crippen LogP contribution in [0.2, 0.25) is 0 Å². The van der Waals surface area contributed by atoms with E-state index in [4.69, 9.17) is 5.73 Å². The molecule has 0 bridgehead atoms. The van der Waals surface area contributed by atoms with Crippen LogP contribution in [0.25, 0.3) is 0 Å². The molecule has 20 heavy (non-hydrogen) atoms. The molecular formula is C15H15FN2OS. The first-order valence-electron chi connectivity index (χ1n) is 6.54. The average molecular weight is 290 g/mol. The van der Waals surface area contributed by atoms with E-state index >= 15 is 0 Å². The summed E-state index contributed by atoms with van der Waals surface area (Å²) >= 11 is 1.70. The molecule has 3 nitrogen and oxygen atoms in total. The molecular weight excluding hydrogens is 275 g/mol. The van der Waals surface area contributed by atoms with Crippen molar-refractivity contribution in [3.05, 3.63) is 52.0 Å². The van der Waals surface area contributed by atoms with Crippen LogP contribution in [-0.2, 0) is 0 Å². The van der Waals surface area contributed by atoms with Gasteiger partial charge in [0.05, 0.1) is 11.6 Å². The number of amides is 1. The Morgan fingerprint density at radius 1 is 1.40 bits per heavy atom. The number of hydrogen-bond acceptors (Lipinski definition) is 3. The van der Waals surface area contributed by atoms with Gasteiger partial charge in [-0.3, -0.25) is 4.79 Å². The van der Waals surface area contributed by atoms with Gasteiger partial charge in [-0.25, -0.2) is 4.39 Å². The lowest BCUT2D eigenvalue weighted by Crippen LogP contribution is -2.15. The summed E-state index contributed by atoms with van der Waals surface area (Å²) in [5.41, 5.74) is 5.83. The third-order valence-electron chi connectivity index (χ3n) is 3.50. The number of nitrogens with one attached hydrogen (secondary N) is 1. The van der Waals surface area contributed by atoms with Gasteiger partial charge in [0.2, 0.25) is 0 Å². The molecule has 1 atom stereocenters. The zero-order chi connectivity index (χ0) is 14.1. The maximum Gasteiger partial charge on any atom is 0.251 e. The first-order chi connectivity index (χ1) is 9.65. The minimum atomic E-state index is -0.745. The first kappa shape index (κ1) is 13.1. The number of anilines is 1. The van der Waals surface area contributed by atoms with E-state index in [0.717, 1.165) is 5.69 Å². The van der Waals surface area contributed by atoms with Crippen LogP contribution >= 0.6 is 11.3 Å².